The van der Waals surface area contributed by atoms with E-state index in [-0.39, 0.29) is 5.78 Å². The summed E-state index contributed by atoms with van der Waals surface area (Å²) in [5, 5.41) is 17.6. The van der Waals surface area contributed by atoms with E-state index in [9.17, 15) is 4.79 Å². The van der Waals surface area contributed by atoms with Crippen molar-refractivity contribution in [1.29, 1.82) is 0 Å². The second-order valence-corrected chi connectivity index (χ2v) is 8.02. The van der Waals surface area contributed by atoms with Gasteiger partial charge in [-0.1, -0.05) is 29.8 Å². The number of carboxylic acid groups (broad SMARTS) is 2. The molecule has 2 N–H and O–H groups in total. The topological polar surface area (TPSA) is 140 Å². The number of carbonyl (C=O) groups is 3. The van der Waals surface area contributed by atoms with E-state index in [1.54, 1.807) is 24.3 Å². The number of ketones is 1. The van der Waals surface area contributed by atoms with Gasteiger partial charge < -0.3 is 38.5 Å². The molecule has 0 radical (unpaired) electrons. The number of allylic oxidation sites excluding steroid dienone is 1. The van der Waals surface area contributed by atoms with E-state index in [0.29, 0.717) is 45.4 Å². The van der Waals surface area contributed by atoms with Crippen molar-refractivity contribution < 1.29 is 48.1 Å². The molecule has 1 heterocycles. The number of rotatable bonds is 9. The van der Waals surface area contributed by atoms with Gasteiger partial charge in [-0.2, -0.15) is 0 Å². The van der Waals surface area contributed by atoms with Gasteiger partial charge in [-0.05, 0) is 29.8 Å². The zero-order valence-electron chi connectivity index (χ0n) is 20.1. The van der Waals surface area contributed by atoms with Crippen LogP contribution in [0.1, 0.15) is 15.9 Å². The Balaban J connectivity index is 0.000000678. The maximum atomic E-state index is 13.3. The molecule has 0 amide bonds. The van der Waals surface area contributed by atoms with E-state index in [4.69, 9.17) is 50.0 Å². The molecule has 0 spiro atoms. The highest BCUT2D eigenvalue weighted by Crippen LogP contribution is 2.46. The molecule has 11 heteroatoms. The van der Waals surface area contributed by atoms with Crippen molar-refractivity contribution in [2.75, 3.05) is 41.5 Å². The summed E-state index contributed by atoms with van der Waals surface area (Å²) in [4.78, 5) is 32.5. The minimum absolute atomic E-state index is 0.268. The molecule has 0 aliphatic carbocycles. The number of hydrogen-bond acceptors (Lipinski definition) is 8. The molecule has 3 rings (SSSR count). The van der Waals surface area contributed by atoms with Crippen molar-refractivity contribution in [3.8, 4) is 17.2 Å². The van der Waals surface area contributed by atoms with Gasteiger partial charge in [0.15, 0.2) is 23.1 Å². The van der Waals surface area contributed by atoms with E-state index in [2.05, 4.69) is 0 Å². The van der Waals surface area contributed by atoms with Gasteiger partial charge in [0.05, 0.1) is 40.0 Å². The summed E-state index contributed by atoms with van der Waals surface area (Å²) in [6.07, 6.45) is 4.73. The number of nitrogens with one attached hydrogen (secondary N) is 1. The first kappa shape index (κ1) is 28.2. The Hall–Kier alpha value is -4.02. The van der Waals surface area contributed by atoms with Crippen molar-refractivity contribution >= 4 is 46.4 Å². The van der Waals surface area contributed by atoms with Crippen molar-refractivity contribution in [3.05, 3.63) is 58.8 Å². The number of halogens is 1. The molecular formula is C25H26ClNO9. The van der Waals surface area contributed by atoms with Crippen LogP contribution in [0.25, 0.3) is 17.0 Å². The normalized spacial score (nSPS) is 10.7. The van der Waals surface area contributed by atoms with Gasteiger partial charge in [-0.3, -0.25) is 4.79 Å². The number of aliphatic carboxylic acids is 2. The first-order valence-corrected chi connectivity index (χ1v) is 11.0. The van der Waals surface area contributed by atoms with Crippen molar-refractivity contribution in [2.24, 2.45) is 0 Å². The predicted molar refractivity (Wildman–Crippen MR) is 130 cm³/mol. The number of hydrogen-bond donors (Lipinski definition) is 2. The standard InChI is InChI=1S/C23H24ClNO5.C2H2O4/c1-25(2)12-14-30-22-19(18(26)10-7-15-5-8-16(24)9-6-15)20(27-3)17-11-13-29-21(17)23(22)28-4;3-1(4)2(5)6/h5-11,13H,12,14H2,1-4H3;(H,3,4)(H,5,6)/b10-7+;. The highest BCUT2D eigenvalue weighted by Gasteiger charge is 2.28. The number of methoxy groups -OCH3 is 2. The van der Waals surface area contributed by atoms with E-state index in [1.165, 1.54) is 31.5 Å². The van der Waals surface area contributed by atoms with Gasteiger partial charge in [-0.15, -0.1) is 0 Å². The molecule has 0 aliphatic heterocycles. The number of carboxylic acids is 2. The van der Waals surface area contributed by atoms with Gasteiger partial charge in [0.1, 0.15) is 24.5 Å². The monoisotopic (exact) mass is 519 g/mol. The summed E-state index contributed by atoms with van der Waals surface area (Å²) >= 11 is 5.93. The SMILES string of the molecule is COc1c(C(=O)/C=C/c2ccc(Cl)cc2)c(OCC[NH+](C)C)c(OC)c2occc12.O=C([O-])C(=O)O. The van der Waals surface area contributed by atoms with Crippen LogP contribution < -0.4 is 24.2 Å². The highest BCUT2D eigenvalue weighted by molar-refractivity contribution is 6.30. The molecule has 192 valence electrons. The zero-order chi connectivity index (χ0) is 26.8. The largest absolute Gasteiger partial charge is 0.539 e. The maximum Gasteiger partial charge on any atom is 0.351 e. The fraction of sp³-hybridized carbons (Fsp3) is 0.240. The third-order valence-electron chi connectivity index (χ3n) is 4.75. The Labute approximate surface area is 212 Å². The average molecular weight is 520 g/mol. The van der Waals surface area contributed by atoms with Crippen LogP contribution >= 0.6 is 11.6 Å². The van der Waals surface area contributed by atoms with Crippen LogP contribution in [0.5, 0.6) is 17.2 Å². The molecule has 0 saturated carbocycles. The Morgan fingerprint density at radius 1 is 1.06 bits per heavy atom. The van der Waals surface area contributed by atoms with Crippen molar-refractivity contribution in [1.82, 2.24) is 0 Å². The summed E-state index contributed by atoms with van der Waals surface area (Å²) in [5.41, 5.74) is 1.61. The molecule has 0 fully saturated rings. The van der Waals surface area contributed by atoms with Gasteiger partial charge >= 0.3 is 5.97 Å². The smallest absolute Gasteiger partial charge is 0.351 e. The first-order chi connectivity index (χ1) is 17.1. The second kappa shape index (κ2) is 13.2. The third kappa shape index (κ3) is 7.24. The molecule has 0 aliphatic rings. The van der Waals surface area contributed by atoms with Crippen LogP contribution in [-0.2, 0) is 9.59 Å². The minimum atomic E-state index is -2.07. The predicted octanol–water partition coefficient (Wildman–Crippen LogP) is 1.34. The van der Waals surface area contributed by atoms with E-state index < -0.39 is 11.9 Å². The van der Waals surface area contributed by atoms with Crippen LogP contribution in [0.3, 0.4) is 0 Å². The number of quaternary nitrogens is 1. The van der Waals surface area contributed by atoms with Gasteiger partial charge in [0.2, 0.25) is 5.75 Å². The summed E-state index contributed by atoms with van der Waals surface area (Å²) < 4.78 is 22.8. The molecule has 36 heavy (non-hydrogen) atoms. The minimum Gasteiger partial charge on any atom is -0.539 e. The summed E-state index contributed by atoms with van der Waals surface area (Å²) in [7, 11) is 7.09. The van der Waals surface area contributed by atoms with Crippen LogP contribution in [0, 0.1) is 0 Å². The maximum absolute atomic E-state index is 13.3. The lowest BCUT2D eigenvalue weighted by Crippen LogP contribution is -3.06. The van der Waals surface area contributed by atoms with E-state index >= 15 is 0 Å². The summed E-state index contributed by atoms with van der Waals surface area (Å²) in [5.74, 6) is -3.21. The van der Waals surface area contributed by atoms with Crippen LogP contribution in [0.4, 0.5) is 0 Å². The Bertz CT molecular complexity index is 1230. The molecular weight excluding hydrogens is 494 g/mol. The number of carbonyl (C=O) groups excluding carboxylic acids is 2. The van der Waals surface area contributed by atoms with Crippen LogP contribution in [-0.4, -0.2) is 64.3 Å². The number of fused-ring (bicyclic) bond motifs is 1. The summed E-state index contributed by atoms with van der Waals surface area (Å²) in [6.45, 7) is 1.14. The molecule has 10 nitrogen and oxygen atoms in total. The van der Waals surface area contributed by atoms with E-state index in [1.807, 2.05) is 26.2 Å². The number of furan rings is 1. The first-order valence-electron chi connectivity index (χ1n) is 10.6. The third-order valence-corrected chi connectivity index (χ3v) is 5.00. The molecule has 2 aromatic carbocycles. The van der Waals surface area contributed by atoms with Gasteiger partial charge in [0, 0.05) is 5.02 Å². The fourth-order valence-electron chi connectivity index (χ4n) is 3.06. The van der Waals surface area contributed by atoms with Crippen molar-refractivity contribution in [2.45, 2.75) is 0 Å². The molecule has 0 saturated heterocycles. The number of likely N-dealkylation sites (N-methyl/N-ethyl adjacent to an activating group) is 1. The lowest BCUT2D eigenvalue weighted by Gasteiger charge is -2.18. The van der Waals surface area contributed by atoms with Crippen LogP contribution in [0.15, 0.2) is 47.1 Å². The fourth-order valence-corrected chi connectivity index (χ4v) is 3.19. The lowest BCUT2D eigenvalue weighted by molar-refractivity contribution is -0.858. The average Bonchev–Trinajstić information content (AvgIpc) is 3.32. The summed E-state index contributed by atoms with van der Waals surface area (Å²) in [6, 6.07) is 8.95. The molecule has 0 unspecified atom stereocenters. The Morgan fingerprint density at radius 2 is 1.67 bits per heavy atom. The van der Waals surface area contributed by atoms with Gasteiger partial charge in [0.25, 0.3) is 0 Å². The van der Waals surface area contributed by atoms with E-state index in [0.717, 1.165) is 12.1 Å². The highest BCUT2D eigenvalue weighted by atomic mass is 35.5. The number of benzene rings is 2. The second-order valence-electron chi connectivity index (χ2n) is 7.58. The lowest BCUT2D eigenvalue weighted by atomic mass is 10.0. The zero-order valence-corrected chi connectivity index (χ0v) is 20.9. The van der Waals surface area contributed by atoms with Gasteiger partial charge in [-0.25, -0.2) is 4.79 Å². The Morgan fingerprint density at radius 3 is 2.19 bits per heavy atom. The molecule has 0 bridgehead atoms. The Kier molecular flexibility index (Phi) is 10.3. The quantitative estimate of drug-likeness (QED) is 0.243. The molecule has 1 aromatic heterocycles. The molecule has 3 aromatic rings. The van der Waals surface area contributed by atoms with Crippen LogP contribution in [0.2, 0.25) is 5.02 Å². The van der Waals surface area contributed by atoms with Crippen molar-refractivity contribution in [3.63, 3.8) is 0 Å². The molecule has 0 atom stereocenters. The number of ether oxygens (including phenoxy) is 3.